The first-order valence-electron chi connectivity index (χ1n) is 4.56. The lowest BCUT2D eigenvalue weighted by Gasteiger charge is -2.26. The fraction of sp³-hybridized carbons (Fsp3) is 1.00. The van der Waals surface area contributed by atoms with Gasteiger partial charge in [-0.05, 0) is 24.9 Å². The Morgan fingerprint density at radius 3 is 1.54 bits per heavy atom. The van der Waals surface area contributed by atoms with Gasteiger partial charge in [0.15, 0.2) is 0 Å². The molecule has 0 atom stereocenters. The number of hydrogen-bond acceptors (Lipinski definition) is 4. The smallest absolute Gasteiger partial charge is 0.337 e. The average Bonchev–Trinajstić information content (AvgIpc) is 2.20. The van der Waals surface area contributed by atoms with Crippen LogP contribution in [0.4, 0.5) is 0 Å². The zero-order valence-corrected chi connectivity index (χ0v) is 9.45. The Morgan fingerprint density at radius 2 is 1.31 bits per heavy atom. The molecule has 0 spiro atoms. The van der Waals surface area contributed by atoms with Crippen molar-refractivity contribution < 1.29 is 19.1 Å². The molecule has 0 aromatic carbocycles. The SMILES string of the molecule is CO[Si](CCCO)(CCCO)OC. The summed E-state index contributed by atoms with van der Waals surface area (Å²) in [6, 6.07) is 1.58. The maximum atomic E-state index is 8.71. The molecule has 80 valence electrons. The molecule has 0 radical (unpaired) electrons. The summed E-state index contributed by atoms with van der Waals surface area (Å²) >= 11 is 0. The van der Waals surface area contributed by atoms with E-state index in [1.807, 2.05) is 0 Å². The first-order chi connectivity index (χ1) is 6.24. The van der Waals surface area contributed by atoms with Gasteiger partial charge in [-0.15, -0.1) is 0 Å². The van der Waals surface area contributed by atoms with Gasteiger partial charge in [0, 0.05) is 27.4 Å². The molecule has 0 aliphatic rings. The Bertz CT molecular complexity index is 107. The molecule has 0 saturated carbocycles. The van der Waals surface area contributed by atoms with Crippen LogP contribution in [0.3, 0.4) is 0 Å². The monoisotopic (exact) mass is 208 g/mol. The van der Waals surface area contributed by atoms with Gasteiger partial charge in [0.1, 0.15) is 0 Å². The van der Waals surface area contributed by atoms with Gasteiger partial charge in [-0.2, -0.15) is 0 Å². The van der Waals surface area contributed by atoms with Gasteiger partial charge in [-0.25, -0.2) is 0 Å². The molecule has 0 rings (SSSR count). The van der Waals surface area contributed by atoms with Crippen molar-refractivity contribution >= 4 is 8.56 Å². The van der Waals surface area contributed by atoms with E-state index >= 15 is 0 Å². The van der Waals surface area contributed by atoms with Crippen LogP contribution in [0.1, 0.15) is 12.8 Å². The second-order valence-corrected chi connectivity index (χ2v) is 6.61. The number of aliphatic hydroxyl groups excluding tert-OH is 2. The summed E-state index contributed by atoms with van der Waals surface area (Å²) in [6.07, 6.45) is 1.42. The van der Waals surface area contributed by atoms with Crippen LogP contribution in [-0.2, 0) is 8.85 Å². The first kappa shape index (κ1) is 13.1. The summed E-state index contributed by atoms with van der Waals surface area (Å²) in [5.41, 5.74) is 0. The highest BCUT2D eigenvalue weighted by Gasteiger charge is 2.33. The molecule has 4 nitrogen and oxygen atoms in total. The highest BCUT2D eigenvalue weighted by atomic mass is 28.4. The molecule has 13 heavy (non-hydrogen) atoms. The Kier molecular flexibility index (Phi) is 7.49. The molecule has 0 saturated heterocycles. The maximum Gasteiger partial charge on any atom is 0.337 e. The molecular formula is C8H20O4Si. The van der Waals surface area contributed by atoms with Crippen molar-refractivity contribution in [3.05, 3.63) is 0 Å². The molecule has 0 amide bonds. The minimum absolute atomic E-state index is 0.167. The molecule has 0 aromatic rings. The quantitative estimate of drug-likeness (QED) is 0.570. The lowest BCUT2D eigenvalue weighted by atomic mass is 10.5. The zero-order valence-electron chi connectivity index (χ0n) is 8.45. The van der Waals surface area contributed by atoms with Crippen LogP contribution in [0.2, 0.25) is 12.1 Å². The fourth-order valence-corrected chi connectivity index (χ4v) is 3.94. The molecule has 2 N–H and O–H groups in total. The van der Waals surface area contributed by atoms with Crippen molar-refractivity contribution in [2.45, 2.75) is 24.9 Å². The van der Waals surface area contributed by atoms with Crippen molar-refractivity contribution in [1.29, 1.82) is 0 Å². The zero-order chi connectivity index (χ0) is 10.2. The predicted molar refractivity (Wildman–Crippen MR) is 52.8 cm³/mol. The topological polar surface area (TPSA) is 58.9 Å². The maximum absolute atomic E-state index is 8.71. The van der Waals surface area contributed by atoms with Crippen LogP contribution in [0.25, 0.3) is 0 Å². The Balaban J connectivity index is 3.97. The number of rotatable bonds is 8. The normalized spacial score (nSPS) is 12.0. The highest BCUT2D eigenvalue weighted by molar-refractivity contribution is 6.67. The van der Waals surface area contributed by atoms with E-state index in [0.29, 0.717) is 12.8 Å². The van der Waals surface area contributed by atoms with Gasteiger partial charge in [0.05, 0.1) is 0 Å². The third-order valence-corrected chi connectivity index (χ3v) is 5.89. The summed E-state index contributed by atoms with van der Waals surface area (Å²) in [5, 5.41) is 17.4. The van der Waals surface area contributed by atoms with E-state index in [4.69, 9.17) is 19.1 Å². The first-order valence-corrected chi connectivity index (χ1v) is 6.80. The molecule has 0 fully saturated rings. The van der Waals surface area contributed by atoms with Crippen molar-refractivity contribution in [3.8, 4) is 0 Å². The highest BCUT2D eigenvalue weighted by Crippen LogP contribution is 2.20. The fourth-order valence-electron chi connectivity index (χ4n) is 1.31. The minimum atomic E-state index is -2.11. The van der Waals surface area contributed by atoms with E-state index in [0.717, 1.165) is 12.1 Å². The van der Waals surface area contributed by atoms with Crippen molar-refractivity contribution in [3.63, 3.8) is 0 Å². The molecule has 0 heterocycles. The molecule has 0 aliphatic heterocycles. The lowest BCUT2D eigenvalue weighted by molar-refractivity contribution is 0.222. The third kappa shape index (κ3) is 4.73. The number of hydrogen-bond donors (Lipinski definition) is 2. The van der Waals surface area contributed by atoms with E-state index in [-0.39, 0.29) is 13.2 Å². The van der Waals surface area contributed by atoms with E-state index in [2.05, 4.69) is 0 Å². The summed E-state index contributed by atoms with van der Waals surface area (Å²) in [4.78, 5) is 0. The Morgan fingerprint density at radius 1 is 0.923 bits per heavy atom. The Labute approximate surface area is 80.7 Å². The molecule has 0 aromatic heterocycles. The van der Waals surface area contributed by atoms with Gasteiger partial charge in [0.2, 0.25) is 0 Å². The molecule has 5 heteroatoms. The van der Waals surface area contributed by atoms with Crippen LogP contribution in [0.15, 0.2) is 0 Å². The van der Waals surface area contributed by atoms with Gasteiger partial charge < -0.3 is 19.1 Å². The van der Waals surface area contributed by atoms with Gasteiger partial charge in [-0.1, -0.05) is 0 Å². The molecular weight excluding hydrogens is 188 g/mol. The van der Waals surface area contributed by atoms with Gasteiger partial charge in [0.25, 0.3) is 0 Å². The van der Waals surface area contributed by atoms with Crippen LogP contribution in [0.5, 0.6) is 0 Å². The third-order valence-electron chi connectivity index (χ3n) is 2.18. The standard InChI is InChI=1S/C8H20O4Si/c1-11-13(12-2,7-3-5-9)8-4-6-10/h9-10H,3-8H2,1-2H3. The van der Waals surface area contributed by atoms with Crippen LogP contribution in [0, 0.1) is 0 Å². The van der Waals surface area contributed by atoms with E-state index in [9.17, 15) is 0 Å². The minimum Gasteiger partial charge on any atom is -0.398 e. The summed E-state index contributed by atoms with van der Waals surface area (Å²) in [5.74, 6) is 0. The summed E-state index contributed by atoms with van der Waals surface area (Å²) in [6.45, 7) is 0.335. The van der Waals surface area contributed by atoms with Crippen molar-refractivity contribution in [2.24, 2.45) is 0 Å². The van der Waals surface area contributed by atoms with E-state index in [1.54, 1.807) is 14.2 Å². The average molecular weight is 208 g/mol. The van der Waals surface area contributed by atoms with Crippen LogP contribution < -0.4 is 0 Å². The molecule has 0 bridgehead atoms. The second-order valence-electron chi connectivity index (χ2n) is 2.97. The summed E-state index contributed by atoms with van der Waals surface area (Å²) in [7, 11) is 1.18. The van der Waals surface area contributed by atoms with Crippen molar-refractivity contribution in [1.82, 2.24) is 0 Å². The van der Waals surface area contributed by atoms with Gasteiger partial charge >= 0.3 is 8.56 Å². The van der Waals surface area contributed by atoms with Crippen LogP contribution >= 0.6 is 0 Å². The summed E-state index contributed by atoms with van der Waals surface area (Å²) < 4.78 is 10.8. The lowest BCUT2D eigenvalue weighted by Crippen LogP contribution is -2.40. The largest absolute Gasteiger partial charge is 0.398 e. The van der Waals surface area contributed by atoms with E-state index in [1.165, 1.54) is 0 Å². The van der Waals surface area contributed by atoms with E-state index < -0.39 is 8.56 Å². The second kappa shape index (κ2) is 7.46. The number of aliphatic hydroxyl groups is 2. The van der Waals surface area contributed by atoms with Crippen LogP contribution in [-0.4, -0.2) is 46.2 Å². The predicted octanol–water partition coefficient (Wildman–Crippen LogP) is 0.486. The Hall–Kier alpha value is 0.0569. The van der Waals surface area contributed by atoms with Crippen molar-refractivity contribution in [2.75, 3.05) is 27.4 Å². The molecule has 0 aliphatic carbocycles. The molecule has 0 unspecified atom stereocenters. The van der Waals surface area contributed by atoms with Gasteiger partial charge in [-0.3, -0.25) is 0 Å².